The lowest BCUT2D eigenvalue weighted by atomic mass is 10.1. The lowest BCUT2D eigenvalue weighted by Crippen LogP contribution is -1.96. The van der Waals surface area contributed by atoms with Crippen molar-refractivity contribution in [3.63, 3.8) is 0 Å². The molecule has 2 aliphatic carbocycles. The summed E-state index contributed by atoms with van der Waals surface area (Å²) in [5, 5.41) is 0. The van der Waals surface area contributed by atoms with Crippen molar-refractivity contribution in [2.45, 2.75) is 65.2 Å². The van der Waals surface area contributed by atoms with E-state index >= 15 is 0 Å². The molecule has 0 fully saturated rings. The van der Waals surface area contributed by atoms with E-state index in [9.17, 15) is 9.59 Å². The molecule has 0 spiro atoms. The van der Waals surface area contributed by atoms with Gasteiger partial charge in [0.25, 0.3) is 0 Å². The van der Waals surface area contributed by atoms with Crippen molar-refractivity contribution < 1.29 is 19.1 Å². The number of ketones is 2. The van der Waals surface area contributed by atoms with Gasteiger partial charge < -0.3 is 9.47 Å². The minimum Gasteiger partial charge on any atom is -0.494 e. The van der Waals surface area contributed by atoms with Gasteiger partial charge in [0.1, 0.15) is 11.5 Å². The van der Waals surface area contributed by atoms with E-state index in [2.05, 4.69) is 27.0 Å². The predicted molar refractivity (Wildman–Crippen MR) is 138 cm³/mol. The number of ether oxygens (including phenoxy) is 2. The summed E-state index contributed by atoms with van der Waals surface area (Å²) >= 11 is 0. The zero-order chi connectivity index (χ0) is 24.5. The number of Topliss-reactive ketones (excluding diaryl/α,β-unsaturated/α-hetero) is 2. The van der Waals surface area contributed by atoms with Crippen molar-refractivity contribution in [1.82, 2.24) is 0 Å². The molecule has 4 nitrogen and oxygen atoms in total. The van der Waals surface area contributed by atoms with Gasteiger partial charge in [-0.2, -0.15) is 0 Å². The second kappa shape index (κ2) is 12.4. The highest BCUT2D eigenvalue weighted by molar-refractivity contribution is 6.01. The molecule has 0 bridgehead atoms. The Kier molecular flexibility index (Phi) is 9.26. The van der Waals surface area contributed by atoms with Crippen LogP contribution in [0.2, 0.25) is 0 Å². The molecule has 0 saturated carbocycles. The van der Waals surface area contributed by atoms with E-state index < -0.39 is 0 Å². The van der Waals surface area contributed by atoms with Crippen LogP contribution < -0.4 is 0 Å². The molecule has 34 heavy (non-hydrogen) atoms. The largest absolute Gasteiger partial charge is 0.494 e. The summed E-state index contributed by atoms with van der Waals surface area (Å²) in [6, 6.07) is 11.7. The van der Waals surface area contributed by atoms with Crippen LogP contribution in [0.3, 0.4) is 0 Å². The molecule has 0 radical (unpaired) electrons. The maximum absolute atomic E-state index is 11.5. The van der Waals surface area contributed by atoms with Crippen LogP contribution in [0.4, 0.5) is 0 Å². The summed E-state index contributed by atoms with van der Waals surface area (Å²) in [5.74, 6) is 1.93. The number of rotatable bonds is 10. The summed E-state index contributed by atoms with van der Waals surface area (Å²) in [6.45, 7) is 13.6. The molecule has 4 heteroatoms. The fraction of sp³-hybridized carbons (Fsp3) is 0.400. The molecular formula is C30H36O4. The SMILES string of the molecule is C=C(OCCCC)c1ccc2c(c1)CCC2=O.C=C(OCCCC)c1ccc2c(c1)CCC2=O. The van der Waals surface area contributed by atoms with Crippen molar-refractivity contribution in [2.75, 3.05) is 13.2 Å². The Morgan fingerprint density at radius 1 is 0.706 bits per heavy atom. The average Bonchev–Trinajstić information content (AvgIpc) is 3.41. The van der Waals surface area contributed by atoms with Gasteiger partial charge in [0.15, 0.2) is 11.6 Å². The molecule has 0 aromatic heterocycles. The Balaban J connectivity index is 0.000000191. The first kappa shape index (κ1) is 25.5. The Bertz CT molecular complexity index is 978. The molecule has 0 atom stereocenters. The number of carbonyl (C=O) groups excluding carboxylic acids is 2. The van der Waals surface area contributed by atoms with Crippen LogP contribution in [0.5, 0.6) is 0 Å². The van der Waals surface area contributed by atoms with Crippen LogP contribution in [0.25, 0.3) is 11.5 Å². The van der Waals surface area contributed by atoms with E-state index in [0.717, 1.165) is 71.9 Å². The first-order valence-electron chi connectivity index (χ1n) is 12.4. The van der Waals surface area contributed by atoms with E-state index in [-0.39, 0.29) is 11.6 Å². The highest BCUT2D eigenvalue weighted by Crippen LogP contribution is 2.27. The number of unbranched alkanes of at least 4 members (excludes halogenated alkanes) is 2. The van der Waals surface area contributed by atoms with Gasteiger partial charge in [0, 0.05) is 35.1 Å². The summed E-state index contributed by atoms with van der Waals surface area (Å²) in [7, 11) is 0. The molecule has 0 heterocycles. The van der Waals surface area contributed by atoms with Gasteiger partial charge in [-0.3, -0.25) is 9.59 Å². The Labute approximate surface area is 203 Å². The van der Waals surface area contributed by atoms with Crippen LogP contribution in [-0.4, -0.2) is 24.8 Å². The summed E-state index contributed by atoms with van der Waals surface area (Å²) in [6.07, 6.45) is 7.31. The van der Waals surface area contributed by atoms with Crippen LogP contribution >= 0.6 is 0 Å². The van der Waals surface area contributed by atoms with Crippen LogP contribution in [0, 0.1) is 0 Å². The van der Waals surface area contributed by atoms with Crippen LogP contribution in [0.1, 0.15) is 95.3 Å². The van der Waals surface area contributed by atoms with Crippen molar-refractivity contribution in [1.29, 1.82) is 0 Å². The molecule has 0 amide bonds. The quantitative estimate of drug-likeness (QED) is 0.278. The average molecular weight is 461 g/mol. The Morgan fingerprint density at radius 2 is 1.12 bits per heavy atom. The fourth-order valence-electron chi connectivity index (χ4n) is 4.10. The summed E-state index contributed by atoms with van der Waals surface area (Å²) < 4.78 is 11.2. The highest BCUT2D eigenvalue weighted by atomic mass is 16.5. The molecule has 180 valence electrons. The van der Waals surface area contributed by atoms with Gasteiger partial charge in [-0.15, -0.1) is 0 Å². The van der Waals surface area contributed by atoms with Gasteiger partial charge in [-0.1, -0.05) is 64.1 Å². The maximum Gasteiger partial charge on any atom is 0.163 e. The lowest BCUT2D eigenvalue weighted by molar-refractivity contribution is 0.0986. The number of carbonyl (C=O) groups is 2. The van der Waals surface area contributed by atoms with Crippen molar-refractivity contribution in [3.8, 4) is 0 Å². The first-order valence-corrected chi connectivity index (χ1v) is 12.4. The first-order chi connectivity index (χ1) is 16.4. The lowest BCUT2D eigenvalue weighted by Gasteiger charge is -2.09. The van der Waals surface area contributed by atoms with E-state index in [4.69, 9.17) is 9.47 Å². The third-order valence-electron chi connectivity index (χ3n) is 6.25. The number of benzene rings is 2. The monoisotopic (exact) mass is 460 g/mol. The van der Waals surface area contributed by atoms with Crippen molar-refractivity contribution in [2.24, 2.45) is 0 Å². The molecule has 2 aliphatic rings. The van der Waals surface area contributed by atoms with Crippen molar-refractivity contribution >= 4 is 23.1 Å². The molecule has 2 aromatic carbocycles. The normalized spacial score (nSPS) is 13.6. The third kappa shape index (κ3) is 6.47. The Hall–Kier alpha value is -3.14. The summed E-state index contributed by atoms with van der Waals surface area (Å²) in [4.78, 5) is 23.0. The van der Waals surface area contributed by atoms with E-state index in [1.807, 2.05) is 36.4 Å². The number of hydrogen-bond acceptors (Lipinski definition) is 4. The number of hydrogen-bond donors (Lipinski definition) is 0. The van der Waals surface area contributed by atoms with E-state index in [1.165, 1.54) is 0 Å². The van der Waals surface area contributed by atoms with Crippen molar-refractivity contribution in [3.05, 3.63) is 82.9 Å². The van der Waals surface area contributed by atoms with Gasteiger partial charge in [0.05, 0.1) is 13.2 Å². The topological polar surface area (TPSA) is 52.6 Å². The minimum absolute atomic E-state index is 0.254. The summed E-state index contributed by atoms with van der Waals surface area (Å²) in [5.41, 5.74) is 6.00. The van der Waals surface area contributed by atoms with Gasteiger partial charge >= 0.3 is 0 Å². The standard InChI is InChI=1S/2C15H18O2/c2*1-3-4-9-17-11(2)12-5-7-14-13(10-12)6-8-15(14)16/h2*5,7,10H,2-4,6,8-9H2,1H3. The number of aryl methyl sites for hydroxylation is 2. The molecule has 2 aromatic rings. The molecule has 0 saturated heterocycles. The second-order valence-electron chi connectivity index (χ2n) is 8.84. The van der Waals surface area contributed by atoms with Crippen LogP contribution in [-0.2, 0) is 22.3 Å². The highest BCUT2D eigenvalue weighted by Gasteiger charge is 2.20. The molecule has 4 rings (SSSR count). The van der Waals surface area contributed by atoms with E-state index in [0.29, 0.717) is 37.6 Å². The van der Waals surface area contributed by atoms with Gasteiger partial charge in [0.2, 0.25) is 0 Å². The van der Waals surface area contributed by atoms with Gasteiger partial charge in [-0.25, -0.2) is 0 Å². The van der Waals surface area contributed by atoms with E-state index in [1.54, 1.807) is 0 Å². The zero-order valence-corrected chi connectivity index (χ0v) is 20.6. The second-order valence-corrected chi connectivity index (χ2v) is 8.84. The zero-order valence-electron chi connectivity index (χ0n) is 20.6. The van der Waals surface area contributed by atoms with Crippen LogP contribution in [0.15, 0.2) is 49.6 Å². The smallest absolute Gasteiger partial charge is 0.163 e. The Morgan fingerprint density at radius 3 is 1.50 bits per heavy atom. The fourth-order valence-corrected chi connectivity index (χ4v) is 4.10. The molecule has 0 N–H and O–H groups in total. The molecule has 0 aliphatic heterocycles. The maximum atomic E-state index is 11.5. The molecular weight excluding hydrogens is 424 g/mol. The van der Waals surface area contributed by atoms with Gasteiger partial charge in [-0.05, 0) is 48.9 Å². The molecule has 0 unspecified atom stereocenters. The number of fused-ring (bicyclic) bond motifs is 2. The predicted octanol–water partition coefficient (Wildman–Crippen LogP) is 7.21. The minimum atomic E-state index is 0.254. The third-order valence-corrected chi connectivity index (χ3v) is 6.25.